The molecule has 0 heterocycles. The van der Waals surface area contributed by atoms with Gasteiger partial charge in [-0.15, -0.1) is 0 Å². The van der Waals surface area contributed by atoms with E-state index in [0.717, 1.165) is 32.1 Å². The fraction of sp³-hybridized carbons (Fsp3) is 0.967. The summed E-state index contributed by atoms with van der Waals surface area (Å²) >= 11 is 0. The molecule has 0 fully saturated rings. The largest absolute Gasteiger partial charge is 0.756 e. The molecule has 9 nitrogen and oxygen atoms in total. The minimum absolute atomic E-state index is 0.0250. The third-order valence-corrected chi connectivity index (χ3v) is 15.1. The first-order valence-corrected chi connectivity index (χ1v) is 32.2. The summed E-state index contributed by atoms with van der Waals surface area (Å²) in [7, 11) is 1.19. The predicted molar refractivity (Wildman–Crippen MR) is 296 cm³/mol. The molecule has 0 spiro atoms. The van der Waals surface area contributed by atoms with E-state index in [1.54, 1.807) is 0 Å². The Morgan fingerprint density at radius 2 is 0.643 bits per heavy atom. The van der Waals surface area contributed by atoms with Crippen LogP contribution in [0.5, 0.6) is 0 Å². The Balaban J connectivity index is 4.03. The number of carbonyl (C=O) groups excluding carboxylic acids is 2. The molecular formula is C60H120NO8P. The van der Waals surface area contributed by atoms with E-state index in [4.69, 9.17) is 18.5 Å². The molecule has 0 aromatic carbocycles. The van der Waals surface area contributed by atoms with Gasteiger partial charge in [0.25, 0.3) is 7.82 Å². The van der Waals surface area contributed by atoms with E-state index in [9.17, 15) is 19.0 Å². The van der Waals surface area contributed by atoms with E-state index in [2.05, 4.69) is 13.8 Å². The molecule has 418 valence electrons. The number of hydrogen-bond donors (Lipinski definition) is 0. The van der Waals surface area contributed by atoms with Gasteiger partial charge in [0.15, 0.2) is 6.10 Å². The molecule has 0 N–H and O–H groups in total. The molecule has 10 heteroatoms. The molecule has 0 aliphatic carbocycles. The van der Waals surface area contributed by atoms with Gasteiger partial charge in [-0.05, 0) is 12.8 Å². The number of rotatable bonds is 58. The normalized spacial score (nSPS) is 13.2. The zero-order chi connectivity index (χ0) is 51.3. The minimum atomic E-state index is -4.63. The summed E-state index contributed by atoms with van der Waals surface area (Å²) in [6.07, 6.45) is 60.2. The Labute approximate surface area is 435 Å². The van der Waals surface area contributed by atoms with E-state index in [1.165, 1.54) is 257 Å². The molecule has 0 bridgehead atoms. The first-order valence-electron chi connectivity index (χ1n) is 30.7. The maximum atomic E-state index is 12.8. The smallest absolute Gasteiger partial charge is 0.306 e. The van der Waals surface area contributed by atoms with Crippen LogP contribution < -0.4 is 4.89 Å². The number of nitrogens with zero attached hydrogens (tertiary/aromatic N) is 1. The summed E-state index contributed by atoms with van der Waals surface area (Å²) in [6.45, 7) is 4.32. The van der Waals surface area contributed by atoms with Gasteiger partial charge in [-0.25, -0.2) is 0 Å². The molecule has 0 aromatic rings. The van der Waals surface area contributed by atoms with Gasteiger partial charge in [0.2, 0.25) is 0 Å². The molecule has 0 radical (unpaired) electrons. The number of hydrogen-bond acceptors (Lipinski definition) is 8. The van der Waals surface area contributed by atoms with Crippen molar-refractivity contribution in [2.75, 3.05) is 47.5 Å². The zero-order valence-corrected chi connectivity index (χ0v) is 48.4. The zero-order valence-electron chi connectivity index (χ0n) is 47.5. The van der Waals surface area contributed by atoms with Crippen LogP contribution in [0.2, 0.25) is 0 Å². The van der Waals surface area contributed by atoms with Gasteiger partial charge in [0.1, 0.15) is 19.8 Å². The van der Waals surface area contributed by atoms with Crippen LogP contribution in [-0.4, -0.2) is 70.0 Å². The fourth-order valence-electron chi connectivity index (χ4n) is 9.37. The highest BCUT2D eigenvalue weighted by molar-refractivity contribution is 7.45. The minimum Gasteiger partial charge on any atom is -0.756 e. The molecule has 0 aromatic heterocycles. The monoisotopic (exact) mass is 1010 g/mol. The predicted octanol–water partition coefficient (Wildman–Crippen LogP) is 18.4. The number of unbranched alkanes of at least 4 members (excludes halogenated alkanes) is 44. The van der Waals surface area contributed by atoms with Gasteiger partial charge in [0, 0.05) is 12.8 Å². The van der Waals surface area contributed by atoms with Gasteiger partial charge < -0.3 is 27.9 Å². The highest BCUT2D eigenvalue weighted by Gasteiger charge is 2.22. The highest BCUT2D eigenvalue weighted by Crippen LogP contribution is 2.38. The summed E-state index contributed by atoms with van der Waals surface area (Å²) in [5.74, 6) is -0.808. The summed E-state index contributed by atoms with van der Waals surface area (Å²) < 4.78 is 34.2. The van der Waals surface area contributed by atoms with Crippen LogP contribution in [0.25, 0.3) is 0 Å². The molecule has 0 aliphatic heterocycles. The van der Waals surface area contributed by atoms with Gasteiger partial charge in [-0.2, -0.15) is 0 Å². The lowest BCUT2D eigenvalue weighted by Gasteiger charge is -2.28. The number of quaternary nitrogens is 1. The SMILES string of the molecule is CCCCCCCCCCCCCCCCCCCCCCCCCCCCCCC(=O)OC(COC(=O)CCCCCCCCCCCCCCCCCCCC)COP(=O)([O-])OCC[N+](C)(C)C. The Bertz CT molecular complexity index is 1150. The van der Waals surface area contributed by atoms with Crippen LogP contribution in [0.1, 0.15) is 322 Å². The maximum Gasteiger partial charge on any atom is 0.306 e. The van der Waals surface area contributed by atoms with E-state index in [0.29, 0.717) is 17.4 Å². The second-order valence-corrected chi connectivity index (χ2v) is 23.9. The van der Waals surface area contributed by atoms with Crippen LogP contribution in [0.15, 0.2) is 0 Å². The topological polar surface area (TPSA) is 111 Å². The summed E-state index contributed by atoms with van der Waals surface area (Å²) in [6, 6.07) is 0. The van der Waals surface area contributed by atoms with Gasteiger partial charge in [-0.1, -0.05) is 296 Å². The van der Waals surface area contributed by atoms with Crippen LogP contribution in [0.3, 0.4) is 0 Å². The van der Waals surface area contributed by atoms with Crippen molar-refractivity contribution >= 4 is 19.8 Å². The second kappa shape index (κ2) is 52.9. The average Bonchev–Trinajstić information content (AvgIpc) is 3.32. The number of phosphoric ester groups is 1. The van der Waals surface area contributed by atoms with E-state index in [1.807, 2.05) is 21.1 Å². The van der Waals surface area contributed by atoms with Crippen molar-refractivity contribution in [2.24, 2.45) is 0 Å². The Morgan fingerprint density at radius 1 is 0.386 bits per heavy atom. The lowest BCUT2D eigenvalue weighted by atomic mass is 10.0. The number of carbonyl (C=O) groups is 2. The van der Waals surface area contributed by atoms with Gasteiger partial charge >= 0.3 is 11.9 Å². The van der Waals surface area contributed by atoms with Crippen molar-refractivity contribution in [1.29, 1.82) is 0 Å². The fourth-order valence-corrected chi connectivity index (χ4v) is 10.1. The van der Waals surface area contributed by atoms with Crippen LogP contribution >= 0.6 is 7.82 Å². The molecule has 0 amide bonds. The first-order chi connectivity index (χ1) is 34.0. The van der Waals surface area contributed by atoms with Crippen molar-refractivity contribution < 1.29 is 42.1 Å². The standard InChI is InChI=1S/C60H120NO8P/c1-6-8-10-12-14-16-18-20-22-24-26-27-28-29-30-31-32-33-34-35-37-39-41-43-45-47-49-51-53-60(63)69-58(57-68-70(64,65)67-55-54-61(3,4)5)56-66-59(62)52-50-48-46-44-42-40-38-36-25-23-21-19-17-15-13-11-9-7-2/h58H,6-57H2,1-5H3. The lowest BCUT2D eigenvalue weighted by molar-refractivity contribution is -0.870. The van der Waals surface area contributed by atoms with Crippen molar-refractivity contribution in [3.63, 3.8) is 0 Å². The quantitative estimate of drug-likeness (QED) is 0.0256. The Kier molecular flexibility index (Phi) is 52.1. The molecule has 2 atom stereocenters. The average molecular weight is 1010 g/mol. The summed E-state index contributed by atoms with van der Waals surface area (Å²) in [5.41, 5.74) is 0. The molecule has 70 heavy (non-hydrogen) atoms. The molecule has 0 saturated carbocycles. The van der Waals surface area contributed by atoms with Gasteiger partial charge in [-0.3, -0.25) is 14.2 Å². The number of phosphoric acid groups is 1. The summed E-state index contributed by atoms with van der Waals surface area (Å²) in [5, 5.41) is 0. The van der Waals surface area contributed by atoms with E-state index in [-0.39, 0.29) is 32.0 Å². The lowest BCUT2D eigenvalue weighted by Crippen LogP contribution is -2.37. The molecular weight excluding hydrogens is 894 g/mol. The van der Waals surface area contributed by atoms with Crippen LogP contribution in [0, 0.1) is 0 Å². The second-order valence-electron chi connectivity index (χ2n) is 22.4. The Hall–Kier alpha value is -0.990. The molecule has 2 unspecified atom stereocenters. The van der Waals surface area contributed by atoms with Crippen molar-refractivity contribution in [1.82, 2.24) is 0 Å². The highest BCUT2D eigenvalue weighted by atomic mass is 31.2. The summed E-state index contributed by atoms with van der Waals surface area (Å²) in [4.78, 5) is 37.9. The molecule has 0 rings (SSSR count). The van der Waals surface area contributed by atoms with Gasteiger partial charge in [0.05, 0.1) is 27.7 Å². The van der Waals surface area contributed by atoms with Crippen molar-refractivity contribution in [3.05, 3.63) is 0 Å². The number of likely N-dealkylation sites (N-methyl/N-ethyl adjacent to an activating group) is 1. The first kappa shape index (κ1) is 69.0. The number of esters is 2. The Morgan fingerprint density at radius 3 is 0.914 bits per heavy atom. The molecule has 0 aliphatic rings. The maximum absolute atomic E-state index is 12.8. The number of ether oxygens (including phenoxy) is 2. The van der Waals surface area contributed by atoms with Crippen LogP contribution in [-0.2, 0) is 32.7 Å². The van der Waals surface area contributed by atoms with Crippen molar-refractivity contribution in [3.8, 4) is 0 Å². The van der Waals surface area contributed by atoms with Crippen LogP contribution in [0.4, 0.5) is 0 Å². The van der Waals surface area contributed by atoms with E-state index >= 15 is 0 Å². The molecule has 0 saturated heterocycles. The third-order valence-electron chi connectivity index (χ3n) is 14.1. The van der Waals surface area contributed by atoms with Crippen molar-refractivity contribution in [2.45, 2.75) is 328 Å². The third kappa shape index (κ3) is 56.3. The van der Waals surface area contributed by atoms with E-state index < -0.39 is 26.5 Å².